The van der Waals surface area contributed by atoms with Gasteiger partial charge in [0.1, 0.15) is 6.61 Å². The van der Waals surface area contributed by atoms with Crippen LogP contribution in [0.5, 0.6) is 5.88 Å². The number of ether oxygens (including phenoxy) is 1. The summed E-state index contributed by atoms with van der Waals surface area (Å²) in [5.41, 5.74) is 2.31. The predicted molar refractivity (Wildman–Crippen MR) is 90.2 cm³/mol. The van der Waals surface area contributed by atoms with Crippen molar-refractivity contribution in [1.82, 2.24) is 25.4 Å². The molecule has 2 amide bonds. The van der Waals surface area contributed by atoms with Crippen LogP contribution in [-0.2, 0) is 13.5 Å². The van der Waals surface area contributed by atoms with Crippen LogP contribution < -0.4 is 15.4 Å². The smallest absolute Gasteiger partial charge is 0.315 e. The molecule has 1 aliphatic carbocycles. The van der Waals surface area contributed by atoms with E-state index in [1.165, 1.54) is 11.9 Å². The Morgan fingerprint density at radius 1 is 1.46 bits per heavy atom. The highest BCUT2D eigenvalue weighted by Crippen LogP contribution is 2.28. The van der Waals surface area contributed by atoms with Gasteiger partial charge in [-0.15, -0.1) is 0 Å². The van der Waals surface area contributed by atoms with Crippen LogP contribution in [0.25, 0.3) is 0 Å². The topological polar surface area (TPSA) is 81.1 Å². The molecule has 24 heavy (non-hydrogen) atoms. The maximum absolute atomic E-state index is 12.0. The van der Waals surface area contributed by atoms with Crippen LogP contribution in [0.4, 0.5) is 4.79 Å². The molecule has 0 bridgehead atoms. The second-order valence-electron chi connectivity index (χ2n) is 5.68. The van der Waals surface area contributed by atoms with Crippen LogP contribution in [0.3, 0.4) is 0 Å². The Hall–Kier alpha value is -2.28. The van der Waals surface area contributed by atoms with Gasteiger partial charge in [-0.1, -0.05) is 11.6 Å². The molecule has 0 radical (unpaired) electrons. The van der Waals surface area contributed by atoms with Crippen LogP contribution >= 0.6 is 11.6 Å². The number of nitrogens with one attached hydrogen (secondary N) is 2. The number of urea groups is 1. The molecule has 0 aromatic carbocycles. The molecule has 1 atom stereocenters. The van der Waals surface area contributed by atoms with Gasteiger partial charge in [0, 0.05) is 30.6 Å². The number of hydrogen-bond donors (Lipinski definition) is 2. The van der Waals surface area contributed by atoms with Crippen molar-refractivity contribution in [3.63, 3.8) is 0 Å². The maximum atomic E-state index is 12.0. The zero-order valence-corrected chi connectivity index (χ0v) is 14.2. The molecule has 0 aliphatic heterocycles. The molecule has 2 aromatic rings. The summed E-state index contributed by atoms with van der Waals surface area (Å²) in [4.78, 5) is 16.1. The van der Waals surface area contributed by atoms with E-state index in [4.69, 9.17) is 16.3 Å². The highest BCUT2D eigenvalue weighted by molar-refractivity contribution is 6.30. The van der Waals surface area contributed by atoms with E-state index >= 15 is 0 Å². The van der Waals surface area contributed by atoms with Gasteiger partial charge in [0.25, 0.3) is 0 Å². The van der Waals surface area contributed by atoms with Crippen molar-refractivity contribution >= 4 is 17.6 Å². The lowest BCUT2D eigenvalue weighted by atomic mass is 9.93. The second-order valence-corrected chi connectivity index (χ2v) is 6.11. The molecule has 0 spiro atoms. The fourth-order valence-electron chi connectivity index (χ4n) is 2.83. The van der Waals surface area contributed by atoms with Crippen molar-refractivity contribution in [2.24, 2.45) is 7.05 Å². The SMILES string of the molecule is Cn1ncc2c1CCC[C@H]2NC(=O)NCCOc1ccc(Cl)cn1. The van der Waals surface area contributed by atoms with E-state index in [0.717, 1.165) is 24.8 Å². The number of nitrogens with zero attached hydrogens (tertiary/aromatic N) is 3. The molecule has 7 nitrogen and oxygen atoms in total. The third kappa shape index (κ3) is 3.97. The average molecular weight is 350 g/mol. The molecule has 2 N–H and O–H groups in total. The number of aromatic nitrogens is 3. The molecule has 0 saturated heterocycles. The Morgan fingerprint density at radius 2 is 2.33 bits per heavy atom. The van der Waals surface area contributed by atoms with Gasteiger partial charge >= 0.3 is 6.03 Å². The number of fused-ring (bicyclic) bond motifs is 1. The highest BCUT2D eigenvalue weighted by Gasteiger charge is 2.24. The predicted octanol–water partition coefficient (Wildman–Crippen LogP) is 2.22. The van der Waals surface area contributed by atoms with Crippen molar-refractivity contribution in [3.05, 3.63) is 40.8 Å². The van der Waals surface area contributed by atoms with Gasteiger partial charge in [0.15, 0.2) is 0 Å². The third-order valence-electron chi connectivity index (χ3n) is 4.02. The molecule has 2 aromatic heterocycles. The summed E-state index contributed by atoms with van der Waals surface area (Å²) >= 11 is 5.76. The number of hydrogen-bond acceptors (Lipinski definition) is 4. The minimum atomic E-state index is -0.204. The molecule has 0 saturated carbocycles. The van der Waals surface area contributed by atoms with E-state index in [9.17, 15) is 4.79 Å². The fourth-order valence-corrected chi connectivity index (χ4v) is 2.94. The number of carbonyl (C=O) groups is 1. The highest BCUT2D eigenvalue weighted by atomic mass is 35.5. The summed E-state index contributed by atoms with van der Waals surface area (Å²) in [5.74, 6) is 0.480. The van der Waals surface area contributed by atoms with Gasteiger partial charge < -0.3 is 15.4 Å². The monoisotopic (exact) mass is 349 g/mol. The third-order valence-corrected chi connectivity index (χ3v) is 4.24. The Bertz CT molecular complexity index is 701. The molecular weight excluding hydrogens is 330 g/mol. The number of rotatable bonds is 5. The summed E-state index contributed by atoms with van der Waals surface area (Å²) in [6.07, 6.45) is 6.34. The van der Waals surface area contributed by atoms with Crippen molar-refractivity contribution < 1.29 is 9.53 Å². The summed E-state index contributed by atoms with van der Waals surface area (Å²) in [5, 5.41) is 10.6. The van der Waals surface area contributed by atoms with Gasteiger partial charge in [-0.25, -0.2) is 9.78 Å². The lowest BCUT2D eigenvalue weighted by Gasteiger charge is -2.23. The molecule has 128 valence electrons. The molecule has 2 heterocycles. The number of amides is 2. The van der Waals surface area contributed by atoms with E-state index in [-0.39, 0.29) is 12.1 Å². The van der Waals surface area contributed by atoms with E-state index in [1.54, 1.807) is 12.1 Å². The average Bonchev–Trinajstić information content (AvgIpc) is 2.96. The van der Waals surface area contributed by atoms with Crippen molar-refractivity contribution in [1.29, 1.82) is 0 Å². The zero-order valence-electron chi connectivity index (χ0n) is 13.5. The minimum Gasteiger partial charge on any atom is -0.476 e. The lowest BCUT2D eigenvalue weighted by molar-refractivity contribution is 0.230. The first kappa shape index (κ1) is 16.6. The van der Waals surface area contributed by atoms with Gasteiger partial charge in [0.05, 0.1) is 23.8 Å². The Labute approximate surface area is 145 Å². The van der Waals surface area contributed by atoms with Crippen LogP contribution in [0.2, 0.25) is 5.02 Å². The Morgan fingerprint density at radius 3 is 3.12 bits per heavy atom. The van der Waals surface area contributed by atoms with E-state index in [0.29, 0.717) is 24.1 Å². The van der Waals surface area contributed by atoms with E-state index in [2.05, 4.69) is 20.7 Å². The second kappa shape index (κ2) is 7.53. The van der Waals surface area contributed by atoms with Crippen molar-refractivity contribution in [2.75, 3.05) is 13.2 Å². The standard InChI is InChI=1S/C16H20ClN5O2/c1-22-14-4-2-3-13(12(14)10-20-22)21-16(23)18-7-8-24-15-6-5-11(17)9-19-15/h5-6,9-10,13H,2-4,7-8H2,1H3,(H2,18,21,23)/t13-/m1/s1. The number of carbonyl (C=O) groups excluding carboxylic acids is 1. The Kier molecular flexibility index (Phi) is 5.20. The quantitative estimate of drug-likeness (QED) is 0.811. The van der Waals surface area contributed by atoms with Gasteiger partial charge in [0.2, 0.25) is 5.88 Å². The van der Waals surface area contributed by atoms with Crippen molar-refractivity contribution in [2.45, 2.75) is 25.3 Å². The fraction of sp³-hybridized carbons (Fsp3) is 0.438. The first-order valence-electron chi connectivity index (χ1n) is 7.93. The zero-order chi connectivity index (χ0) is 16.9. The van der Waals surface area contributed by atoms with Gasteiger partial charge in [-0.3, -0.25) is 4.68 Å². The molecule has 3 rings (SSSR count). The lowest BCUT2D eigenvalue weighted by Crippen LogP contribution is -2.40. The summed E-state index contributed by atoms with van der Waals surface area (Å²) in [6, 6.07) is 3.21. The molecule has 0 fully saturated rings. The number of pyridine rings is 1. The van der Waals surface area contributed by atoms with E-state index < -0.39 is 0 Å². The molecule has 8 heteroatoms. The first-order chi connectivity index (χ1) is 11.6. The number of halogens is 1. The summed E-state index contributed by atoms with van der Waals surface area (Å²) < 4.78 is 7.32. The van der Waals surface area contributed by atoms with Crippen LogP contribution in [-0.4, -0.2) is 33.9 Å². The summed E-state index contributed by atoms with van der Waals surface area (Å²) in [7, 11) is 1.93. The van der Waals surface area contributed by atoms with Crippen LogP contribution in [0.15, 0.2) is 24.5 Å². The van der Waals surface area contributed by atoms with Crippen molar-refractivity contribution in [3.8, 4) is 5.88 Å². The van der Waals surface area contributed by atoms with Gasteiger partial charge in [-0.2, -0.15) is 5.10 Å². The van der Waals surface area contributed by atoms with Crippen LogP contribution in [0, 0.1) is 0 Å². The number of aryl methyl sites for hydroxylation is 1. The van der Waals surface area contributed by atoms with E-state index in [1.807, 2.05) is 17.9 Å². The largest absolute Gasteiger partial charge is 0.476 e. The Balaban J connectivity index is 1.42. The normalized spacial score (nSPS) is 16.3. The molecule has 0 unspecified atom stereocenters. The first-order valence-corrected chi connectivity index (χ1v) is 8.31. The summed E-state index contributed by atoms with van der Waals surface area (Å²) in [6.45, 7) is 0.730. The van der Waals surface area contributed by atoms with Crippen LogP contribution in [0.1, 0.15) is 30.1 Å². The molecular formula is C16H20ClN5O2. The molecule has 1 aliphatic rings. The van der Waals surface area contributed by atoms with Gasteiger partial charge in [-0.05, 0) is 25.3 Å². The minimum absolute atomic E-state index is 0.0151. The maximum Gasteiger partial charge on any atom is 0.315 e.